The molecule has 0 spiro atoms. The third-order valence-corrected chi connectivity index (χ3v) is 3.52. The van der Waals surface area contributed by atoms with Crippen molar-refractivity contribution in [3.8, 4) is 11.3 Å². The fourth-order valence-electron chi connectivity index (χ4n) is 2.24. The van der Waals surface area contributed by atoms with Crippen molar-refractivity contribution in [2.24, 2.45) is 5.10 Å². The van der Waals surface area contributed by atoms with E-state index < -0.39 is 21.2 Å². The molecule has 0 fully saturated rings. The first-order valence-electron chi connectivity index (χ1n) is 7.52. The minimum Gasteiger partial charge on any atom is -0.455 e. The SMILES string of the molecule is O=[N+]([O-])c1ccc(N/N=C\c2ccc(-c3ccc(F)cc3)o2)c([N+](=O)[O-])c1. The van der Waals surface area contributed by atoms with Crippen molar-refractivity contribution in [3.05, 3.63) is 86.4 Å². The van der Waals surface area contributed by atoms with Crippen molar-refractivity contribution < 1.29 is 18.7 Å². The highest BCUT2D eigenvalue weighted by molar-refractivity contribution is 5.78. The van der Waals surface area contributed by atoms with Crippen molar-refractivity contribution in [1.29, 1.82) is 0 Å². The van der Waals surface area contributed by atoms with Crippen LogP contribution < -0.4 is 5.43 Å². The molecule has 136 valence electrons. The number of hydrogen-bond donors (Lipinski definition) is 1. The first kappa shape index (κ1) is 17.7. The summed E-state index contributed by atoms with van der Waals surface area (Å²) < 4.78 is 18.5. The van der Waals surface area contributed by atoms with E-state index >= 15 is 0 Å². The van der Waals surface area contributed by atoms with Gasteiger partial charge in [0.1, 0.15) is 23.0 Å². The van der Waals surface area contributed by atoms with Gasteiger partial charge in [-0.25, -0.2) is 4.39 Å². The lowest BCUT2D eigenvalue weighted by atomic mass is 10.2. The average molecular weight is 370 g/mol. The highest BCUT2D eigenvalue weighted by Gasteiger charge is 2.19. The first-order valence-corrected chi connectivity index (χ1v) is 7.52. The second kappa shape index (κ2) is 7.44. The van der Waals surface area contributed by atoms with E-state index in [-0.39, 0.29) is 11.5 Å². The predicted octanol–water partition coefficient (Wildman–Crippen LogP) is 4.35. The molecule has 2 aromatic carbocycles. The Bertz CT molecular complexity index is 1030. The van der Waals surface area contributed by atoms with Crippen LogP contribution in [0.5, 0.6) is 0 Å². The number of nitro benzene ring substituents is 2. The molecule has 0 radical (unpaired) electrons. The van der Waals surface area contributed by atoms with Gasteiger partial charge in [-0.3, -0.25) is 25.7 Å². The summed E-state index contributed by atoms with van der Waals surface area (Å²) in [5.41, 5.74) is 2.25. The Balaban J connectivity index is 1.75. The minimum absolute atomic E-state index is 0.00726. The number of hydrazone groups is 1. The Morgan fingerprint density at radius 3 is 2.41 bits per heavy atom. The number of non-ortho nitro benzene ring substituents is 1. The molecule has 1 aromatic heterocycles. The standard InChI is InChI=1S/C17H11FN4O5/c18-12-3-1-11(2-4-12)17-8-6-14(27-17)10-19-20-15-7-5-13(21(23)24)9-16(15)22(25)26/h1-10,20H/b19-10-. The second-order valence-corrected chi connectivity index (χ2v) is 5.29. The molecule has 3 aromatic rings. The van der Waals surface area contributed by atoms with E-state index in [9.17, 15) is 24.6 Å². The van der Waals surface area contributed by atoms with Gasteiger partial charge in [-0.2, -0.15) is 5.10 Å². The summed E-state index contributed by atoms with van der Waals surface area (Å²) in [7, 11) is 0. The molecule has 0 unspecified atom stereocenters. The maximum absolute atomic E-state index is 12.9. The smallest absolute Gasteiger partial charge is 0.301 e. The summed E-state index contributed by atoms with van der Waals surface area (Å²) in [4.78, 5) is 20.3. The van der Waals surface area contributed by atoms with E-state index in [1.54, 1.807) is 24.3 Å². The fraction of sp³-hybridized carbons (Fsp3) is 0. The van der Waals surface area contributed by atoms with Crippen molar-refractivity contribution in [1.82, 2.24) is 0 Å². The van der Waals surface area contributed by atoms with Crippen LogP contribution in [-0.2, 0) is 0 Å². The third kappa shape index (κ3) is 4.12. The summed E-state index contributed by atoms with van der Waals surface area (Å²) in [5, 5.41) is 25.6. The highest BCUT2D eigenvalue weighted by atomic mass is 19.1. The molecule has 1 heterocycles. The summed E-state index contributed by atoms with van der Waals surface area (Å²) in [6.45, 7) is 0. The number of rotatable bonds is 6. The van der Waals surface area contributed by atoms with Crippen molar-refractivity contribution in [2.75, 3.05) is 5.43 Å². The zero-order chi connectivity index (χ0) is 19.4. The van der Waals surface area contributed by atoms with Crippen molar-refractivity contribution in [3.63, 3.8) is 0 Å². The zero-order valence-electron chi connectivity index (χ0n) is 13.5. The normalized spacial score (nSPS) is 10.9. The van der Waals surface area contributed by atoms with Crippen LogP contribution in [0.2, 0.25) is 0 Å². The Kier molecular flexibility index (Phi) is 4.88. The number of anilines is 1. The Labute approximate surface area is 151 Å². The number of nitrogens with one attached hydrogen (secondary N) is 1. The molecule has 9 nitrogen and oxygen atoms in total. The van der Waals surface area contributed by atoms with Crippen molar-refractivity contribution in [2.45, 2.75) is 0 Å². The lowest BCUT2D eigenvalue weighted by Gasteiger charge is -2.01. The molecule has 0 bridgehead atoms. The molecule has 0 atom stereocenters. The molecule has 0 saturated carbocycles. The van der Waals surface area contributed by atoms with Crippen LogP contribution >= 0.6 is 0 Å². The largest absolute Gasteiger partial charge is 0.455 e. The zero-order valence-corrected chi connectivity index (χ0v) is 13.5. The molecule has 0 saturated heterocycles. The van der Waals surface area contributed by atoms with Gasteiger partial charge in [-0.05, 0) is 42.5 Å². The van der Waals surface area contributed by atoms with Crippen LogP contribution in [0.3, 0.4) is 0 Å². The predicted molar refractivity (Wildman–Crippen MR) is 95.1 cm³/mol. The number of nitro groups is 2. The van der Waals surface area contributed by atoms with Gasteiger partial charge in [-0.1, -0.05) is 0 Å². The van der Waals surface area contributed by atoms with Gasteiger partial charge >= 0.3 is 5.69 Å². The summed E-state index contributed by atoms with van der Waals surface area (Å²) in [6.07, 6.45) is 1.29. The number of hydrogen-bond acceptors (Lipinski definition) is 7. The molecule has 27 heavy (non-hydrogen) atoms. The van der Waals surface area contributed by atoms with Crippen LogP contribution in [0.15, 0.2) is 64.1 Å². The quantitative estimate of drug-likeness (QED) is 0.391. The minimum atomic E-state index is -0.746. The summed E-state index contributed by atoms with van der Waals surface area (Å²) in [6, 6.07) is 12.2. The maximum atomic E-state index is 12.9. The number of nitrogens with zero attached hydrogens (tertiary/aromatic N) is 3. The van der Waals surface area contributed by atoms with E-state index in [4.69, 9.17) is 4.42 Å². The summed E-state index contributed by atoms with van der Waals surface area (Å²) >= 11 is 0. The molecular weight excluding hydrogens is 359 g/mol. The molecule has 0 aliphatic rings. The topological polar surface area (TPSA) is 124 Å². The van der Waals surface area contributed by atoms with Crippen LogP contribution in [0.4, 0.5) is 21.5 Å². The van der Waals surface area contributed by atoms with Gasteiger partial charge < -0.3 is 4.42 Å². The average Bonchev–Trinajstić information content (AvgIpc) is 3.11. The lowest BCUT2D eigenvalue weighted by Crippen LogP contribution is -1.98. The van der Waals surface area contributed by atoms with Gasteiger partial charge in [-0.15, -0.1) is 0 Å². The third-order valence-electron chi connectivity index (χ3n) is 3.52. The van der Waals surface area contributed by atoms with Crippen LogP contribution in [0.1, 0.15) is 5.76 Å². The van der Waals surface area contributed by atoms with E-state index in [2.05, 4.69) is 10.5 Å². The molecule has 3 rings (SSSR count). The first-order chi connectivity index (χ1) is 12.9. The molecular formula is C17H11FN4O5. The monoisotopic (exact) mass is 370 g/mol. The maximum Gasteiger partial charge on any atom is 0.301 e. The summed E-state index contributed by atoms with van der Waals surface area (Å²) in [5.74, 6) is 0.491. The van der Waals surface area contributed by atoms with Gasteiger partial charge in [0.05, 0.1) is 22.1 Å². The van der Waals surface area contributed by atoms with Gasteiger partial charge in [0.25, 0.3) is 5.69 Å². The molecule has 0 aliphatic carbocycles. The van der Waals surface area contributed by atoms with Gasteiger partial charge in [0.2, 0.25) is 0 Å². The Hall–Kier alpha value is -4.08. The number of benzene rings is 2. The Morgan fingerprint density at radius 1 is 1.00 bits per heavy atom. The van der Waals surface area contributed by atoms with Crippen molar-refractivity contribution >= 4 is 23.3 Å². The number of furan rings is 1. The van der Waals surface area contributed by atoms with Crippen LogP contribution in [-0.4, -0.2) is 16.1 Å². The Morgan fingerprint density at radius 2 is 1.74 bits per heavy atom. The van der Waals surface area contributed by atoms with Crippen LogP contribution in [0.25, 0.3) is 11.3 Å². The lowest BCUT2D eigenvalue weighted by molar-refractivity contribution is -0.393. The molecule has 0 aliphatic heterocycles. The van der Waals surface area contributed by atoms with E-state index in [1.807, 2.05) is 0 Å². The van der Waals surface area contributed by atoms with Gasteiger partial charge in [0, 0.05) is 11.6 Å². The molecule has 1 N–H and O–H groups in total. The van der Waals surface area contributed by atoms with E-state index in [0.29, 0.717) is 17.1 Å². The van der Waals surface area contributed by atoms with E-state index in [1.165, 1.54) is 24.4 Å². The number of halogens is 1. The fourth-order valence-corrected chi connectivity index (χ4v) is 2.24. The highest BCUT2D eigenvalue weighted by Crippen LogP contribution is 2.29. The molecule has 10 heteroatoms. The molecule has 0 amide bonds. The van der Waals surface area contributed by atoms with Crippen LogP contribution in [0, 0.1) is 26.0 Å². The van der Waals surface area contributed by atoms with Gasteiger partial charge in [0.15, 0.2) is 0 Å². The van der Waals surface area contributed by atoms with E-state index in [0.717, 1.165) is 12.1 Å². The second-order valence-electron chi connectivity index (χ2n) is 5.29.